The van der Waals surface area contributed by atoms with Crippen LogP contribution >= 0.6 is 0 Å². The second-order valence-corrected chi connectivity index (χ2v) is 19.9. The van der Waals surface area contributed by atoms with Crippen molar-refractivity contribution in [2.24, 2.45) is 22.9 Å². The number of amides is 1. The van der Waals surface area contributed by atoms with E-state index >= 15 is 8.42 Å². The first-order chi connectivity index (χ1) is 33.1. The van der Waals surface area contributed by atoms with Gasteiger partial charge < -0.3 is 34.6 Å². The second-order valence-electron chi connectivity index (χ2n) is 18.0. The quantitative estimate of drug-likeness (QED) is 0.0349. The highest BCUT2D eigenvalue weighted by Crippen LogP contribution is 2.62. The predicted octanol–water partition coefficient (Wildman–Crippen LogP) is 10.5. The van der Waals surface area contributed by atoms with E-state index in [1.165, 1.54) is 23.4 Å². The molecule has 3 N–H and O–H groups in total. The molecule has 1 amide bonds. The lowest BCUT2D eigenvalue weighted by Gasteiger charge is -2.59. The third kappa shape index (κ3) is 10.4. The van der Waals surface area contributed by atoms with Crippen molar-refractivity contribution in [2.45, 2.75) is 94.5 Å². The number of carbonyl (C=O) groups is 1. The molecule has 1 saturated carbocycles. The molecule has 358 valence electrons. The first-order valence-electron chi connectivity index (χ1n) is 23.9. The number of aliphatic hydroxyl groups excluding tert-OH is 2. The Balaban J connectivity index is 1.33. The first kappa shape index (κ1) is 48.6. The molecular formula is C55H63N3O9S. The molecule has 0 aromatic heterocycles. The van der Waals surface area contributed by atoms with Gasteiger partial charge in [-0.05, 0) is 120 Å². The monoisotopic (exact) mass is 941 g/mol. The van der Waals surface area contributed by atoms with Crippen LogP contribution in [0.5, 0.6) is 17.2 Å². The summed E-state index contributed by atoms with van der Waals surface area (Å²) in [5.41, 5.74) is 3.79. The van der Waals surface area contributed by atoms with Crippen molar-refractivity contribution in [1.29, 1.82) is 0 Å². The Morgan fingerprint density at radius 1 is 0.897 bits per heavy atom. The molecule has 6 atom stereocenters. The lowest BCUT2D eigenvalue weighted by atomic mass is 9.55. The number of benzene rings is 5. The van der Waals surface area contributed by atoms with Crippen LogP contribution in [0.3, 0.4) is 0 Å². The molecule has 6 unspecified atom stereocenters. The number of carbonyl (C=O) groups excluding carboxylic acids is 1. The minimum atomic E-state index is -4.28. The van der Waals surface area contributed by atoms with Crippen molar-refractivity contribution in [3.8, 4) is 17.2 Å². The summed E-state index contributed by atoms with van der Waals surface area (Å²) in [6.45, 7) is 7.91. The van der Waals surface area contributed by atoms with Crippen LogP contribution in [0.25, 0.3) is 10.8 Å². The normalized spacial score (nSPS) is 22.5. The molecule has 0 saturated heterocycles. The zero-order valence-electron chi connectivity index (χ0n) is 39.0. The van der Waals surface area contributed by atoms with E-state index in [1.807, 2.05) is 79.7 Å². The van der Waals surface area contributed by atoms with Gasteiger partial charge in [0.1, 0.15) is 23.9 Å². The molecule has 13 heteroatoms. The van der Waals surface area contributed by atoms with Gasteiger partial charge in [0.05, 0.1) is 29.2 Å². The molecular weight excluding hydrogens is 879 g/mol. The van der Waals surface area contributed by atoms with Crippen molar-refractivity contribution in [3.05, 3.63) is 151 Å². The van der Waals surface area contributed by atoms with E-state index in [4.69, 9.17) is 24.2 Å². The highest BCUT2D eigenvalue weighted by molar-refractivity contribution is 7.89. The number of nitrogens with zero attached hydrogens (tertiary/aromatic N) is 2. The summed E-state index contributed by atoms with van der Waals surface area (Å²) in [6, 6.07) is 35.0. The molecule has 8 rings (SSSR count). The maximum Gasteiger partial charge on any atom is 0.243 e. The van der Waals surface area contributed by atoms with Crippen LogP contribution < -0.4 is 14.8 Å². The van der Waals surface area contributed by atoms with E-state index in [0.717, 1.165) is 53.2 Å². The molecule has 0 spiro atoms. The van der Waals surface area contributed by atoms with E-state index in [9.17, 15) is 15.0 Å². The number of fused-ring (bicyclic) bond motifs is 3. The van der Waals surface area contributed by atoms with Gasteiger partial charge in [-0.3, -0.25) is 4.79 Å². The van der Waals surface area contributed by atoms with Crippen LogP contribution in [0, 0.1) is 17.8 Å². The largest absolute Gasteiger partial charge is 0.460 e. The maximum absolute atomic E-state index is 15.3. The topological polar surface area (TPSA) is 156 Å². The maximum atomic E-state index is 15.3. The second kappa shape index (κ2) is 22.1. The third-order valence-electron chi connectivity index (χ3n) is 13.4. The molecule has 1 fully saturated rings. The molecule has 2 aliphatic carbocycles. The predicted molar refractivity (Wildman–Crippen MR) is 265 cm³/mol. The molecule has 1 aliphatic heterocycles. The molecule has 0 bridgehead atoms. The van der Waals surface area contributed by atoms with Gasteiger partial charge in [-0.2, -0.15) is 4.31 Å². The molecule has 68 heavy (non-hydrogen) atoms. The SMILES string of the molecule is C=CCOC12Oc3ccc(Oc4ccc5ccccc5c4)cc3C3C(CCCCO)C(CCCCO)C=C(C(=NOCc4ccccc4)CC1N(CCC)S(=O)(=O)c1ccc(NC(C)=O)cc1)C32. The van der Waals surface area contributed by atoms with Gasteiger partial charge in [0, 0.05) is 50.3 Å². The number of ether oxygens (including phenoxy) is 3. The number of hydrogen-bond donors (Lipinski definition) is 3. The van der Waals surface area contributed by atoms with Crippen molar-refractivity contribution in [3.63, 3.8) is 0 Å². The fourth-order valence-corrected chi connectivity index (χ4v) is 12.3. The number of oxime groups is 1. The Morgan fingerprint density at radius 2 is 1.60 bits per heavy atom. The summed E-state index contributed by atoms with van der Waals surface area (Å²) >= 11 is 0. The van der Waals surface area contributed by atoms with Crippen LogP contribution in [0.2, 0.25) is 0 Å². The molecule has 5 aromatic carbocycles. The summed E-state index contributed by atoms with van der Waals surface area (Å²) < 4.78 is 53.4. The van der Waals surface area contributed by atoms with Gasteiger partial charge in [-0.1, -0.05) is 97.7 Å². The number of aliphatic hydroxyl groups is 2. The number of nitrogens with one attached hydrogen (secondary N) is 1. The molecule has 3 aliphatic rings. The van der Waals surface area contributed by atoms with Crippen molar-refractivity contribution in [2.75, 3.05) is 31.7 Å². The summed E-state index contributed by atoms with van der Waals surface area (Å²) in [6.07, 6.45) is 8.87. The van der Waals surface area contributed by atoms with Crippen LogP contribution in [0.1, 0.15) is 82.3 Å². The third-order valence-corrected chi connectivity index (χ3v) is 15.3. The highest BCUT2D eigenvalue weighted by atomic mass is 32.2. The summed E-state index contributed by atoms with van der Waals surface area (Å²) in [7, 11) is -4.28. The van der Waals surface area contributed by atoms with Gasteiger partial charge in [0.25, 0.3) is 0 Å². The van der Waals surface area contributed by atoms with Crippen molar-refractivity contribution >= 4 is 38.1 Å². The minimum Gasteiger partial charge on any atom is -0.460 e. The summed E-state index contributed by atoms with van der Waals surface area (Å²) in [4.78, 5) is 18.2. The Kier molecular flexibility index (Phi) is 15.8. The highest BCUT2D eigenvalue weighted by Gasteiger charge is 2.66. The van der Waals surface area contributed by atoms with E-state index in [2.05, 4.69) is 36.2 Å². The lowest BCUT2D eigenvalue weighted by molar-refractivity contribution is -0.251. The van der Waals surface area contributed by atoms with Crippen LogP contribution in [-0.2, 0) is 31.0 Å². The van der Waals surface area contributed by atoms with Gasteiger partial charge >= 0.3 is 0 Å². The zero-order valence-corrected chi connectivity index (χ0v) is 39.8. The average Bonchev–Trinajstić information content (AvgIpc) is 3.34. The van der Waals surface area contributed by atoms with E-state index in [-0.39, 0.29) is 67.9 Å². The molecule has 5 aromatic rings. The fraction of sp³-hybridized carbons (Fsp3) is 0.382. The number of anilines is 1. The Morgan fingerprint density at radius 3 is 2.32 bits per heavy atom. The van der Waals surface area contributed by atoms with E-state index in [0.29, 0.717) is 47.9 Å². The summed E-state index contributed by atoms with van der Waals surface area (Å²) in [5, 5.41) is 29.9. The molecule has 12 nitrogen and oxygen atoms in total. The van der Waals surface area contributed by atoms with Crippen LogP contribution in [0.4, 0.5) is 5.69 Å². The van der Waals surface area contributed by atoms with Gasteiger partial charge in [-0.25, -0.2) is 8.42 Å². The van der Waals surface area contributed by atoms with Crippen molar-refractivity contribution in [1.82, 2.24) is 4.31 Å². The molecule has 0 radical (unpaired) electrons. The number of unbranched alkanes of at least 4 members (excludes halogenated alkanes) is 2. The van der Waals surface area contributed by atoms with E-state index in [1.54, 1.807) is 18.2 Å². The fourth-order valence-electron chi connectivity index (χ4n) is 10.5. The number of allylic oxidation sites excluding steroid dienone is 1. The van der Waals surface area contributed by atoms with Crippen LogP contribution in [0.15, 0.2) is 150 Å². The van der Waals surface area contributed by atoms with Crippen molar-refractivity contribution < 1.29 is 42.5 Å². The number of rotatable bonds is 22. The van der Waals surface area contributed by atoms with Gasteiger partial charge in [0.2, 0.25) is 21.7 Å². The first-order valence-corrected chi connectivity index (χ1v) is 25.3. The smallest absolute Gasteiger partial charge is 0.243 e. The minimum absolute atomic E-state index is 0.0121. The lowest BCUT2D eigenvalue weighted by Crippen LogP contribution is -2.70. The Hall–Kier alpha value is -5.83. The molecule has 1 heterocycles. The van der Waals surface area contributed by atoms with Crippen LogP contribution in [-0.4, -0.2) is 72.7 Å². The average molecular weight is 942 g/mol. The number of hydrogen-bond acceptors (Lipinski definition) is 10. The Labute approximate surface area is 400 Å². The number of sulfonamides is 1. The van der Waals surface area contributed by atoms with Gasteiger partial charge in [-0.15, -0.1) is 6.58 Å². The zero-order chi connectivity index (χ0) is 47.7. The van der Waals surface area contributed by atoms with E-state index < -0.39 is 27.8 Å². The Bertz CT molecular complexity index is 2710. The standard InChI is InChI=1S/C55H63N3O9S/c1-4-29-58(68(62,63)46-26-22-43(23-27-46)56-38(3)61)52-36-50(57-65-37-39-15-7-6-8-16-39)48-34-42(19-11-13-30-59)47(20-12-14-31-60)53-49-35-45(66-44-24-21-40-17-9-10-18-41(40)33-44)25-28-51(49)67-55(52,54(48)53)64-32-5-2/h5-10,15-18,21-28,33-35,42,47,52-54,59-60H,2,4,11-14,19-20,29-32,36-37H2,1,3H3,(H,56,61). The summed E-state index contributed by atoms with van der Waals surface area (Å²) in [5.74, 6) is -0.933. The van der Waals surface area contributed by atoms with Gasteiger partial charge in [0.15, 0.2) is 0 Å².